The highest BCUT2D eigenvalue weighted by atomic mass is 19.1. The van der Waals surface area contributed by atoms with Crippen LogP contribution in [0.4, 0.5) is 4.39 Å². The first-order chi connectivity index (χ1) is 7.74. The summed E-state index contributed by atoms with van der Waals surface area (Å²) in [4.78, 5) is 0. The Morgan fingerprint density at radius 3 is 2.81 bits per heavy atom. The molecule has 0 bridgehead atoms. The van der Waals surface area contributed by atoms with Gasteiger partial charge >= 0.3 is 0 Å². The quantitative estimate of drug-likeness (QED) is 0.770. The van der Waals surface area contributed by atoms with E-state index in [-0.39, 0.29) is 5.82 Å². The van der Waals surface area contributed by atoms with Crippen molar-refractivity contribution in [3.05, 3.63) is 30.1 Å². The Labute approximate surface area is 96.8 Å². The van der Waals surface area contributed by atoms with E-state index in [1.165, 1.54) is 6.07 Å². The standard InChI is InChI=1S/C13H20FNO/c1-3-9-15-11(2)8-10-16-13-7-5-4-6-12(13)14/h4-7,11,15H,3,8-10H2,1-2H3. The number of benzene rings is 1. The van der Waals surface area contributed by atoms with Crippen LogP contribution in [0.15, 0.2) is 24.3 Å². The molecule has 0 aliphatic carbocycles. The van der Waals surface area contributed by atoms with E-state index >= 15 is 0 Å². The van der Waals surface area contributed by atoms with E-state index in [0.717, 1.165) is 19.4 Å². The van der Waals surface area contributed by atoms with E-state index < -0.39 is 0 Å². The summed E-state index contributed by atoms with van der Waals surface area (Å²) in [6.45, 7) is 5.80. The number of hydrogen-bond acceptors (Lipinski definition) is 2. The van der Waals surface area contributed by atoms with Crippen molar-refractivity contribution in [3.63, 3.8) is 0 Å². The molecule has 1 aromatic rings. The Kier molecular flexibility index (Phi) is 5.86. The SMILES string of the molecule is CCCNC(C)CCOc1ccccc1F. The van der Waals surface area contributed by atoms with Gasteiger partial charge in [-0.2, -0.15) is 0 Å². The molecule has 1 rings (SSSR count). The molecule has 0 aliphatic rings. The van der Waals surface area contributed by atoms with Crippen molar-refractivity contribution >= 4 is 0 Å². The van der Waals surface area contributed by atoms with E-state index in [4.69, 9.17) is 4.74 Å². The molecular formula is C13H20FNO. The highest BCUT2D eigenvalue weighted by Gasteiger charge is 2.03. The summed E-state index contributed by atoms with van der Waals surface area (Å²) in [6, 6.07) is 6.91. The van der Waals surface area contributed by atoms with Gasteiger partial charge in [-0.05, 0) is 38.4 Å². The summed E-state index contributed by atoms with van der Waals surface area (Å²) in [5.74, 6) is 0.0434. The summed E-state index contributed by atoms with van der Waals surface area (Å²) >= 11 is 0. The molecule has 0 heterocycles. The van der Waals surface area contributed by atoms with Crippen LogP contribution in [0.25, 0.3) is 0 Å². The van der Waals surface area contributed by atoms with Crippen molar-refractivity contribution in [3.8, 4) is 5.75 Å². The molecule has 1 unspecified atom stereocenters. The highest BCUT2D eigenvalue weighted by Crippen LogP contribution is 2.15. The largest absolute Gasteiger partial charge is 0.490 e. The lowest BCUT2D eigenvalue weighted by molar-refractivity contribution is 0.278. The molecule has 16 heavy (non-hydrogen) atoms. The summed E-state index contributed by atoms with van der Waals surface area (Å²) < 4.78 is 18.5. The van der Waals surface area contributed by atoms with Gasteiger partial charge in [0, 0.05) is 6.04 Å². The van der Waals surface area contributed by atoms with E-state index in [9.17, 15) is 4.39 Å². The van der Waals surface area contributed by atoms with Gasteiger partial charge in [0.15, 0.2) is 11.6 Å². The smallest absolute Gasteiger partial charge is 0.165 e. The van der Waals surface area contributed by atoms with Gasteiger partial charge in [-0.25, -0.2) is 4.39 Å². The van der Waals surface area contributed by atoms with Gasteiger partial charge in [-0.3, -0.25) is 0 Å². The number of para-hydroxylation sites is 1. The highest BCUT2D eigenvalue weighted by molar-refractivity contribution is 5.23. The average Bonchev–Trinajstić information content (AvgIpc) is 2.29. The Morgan fingerprint density at radius 2 is 2.12 bits per heavy atom. The van der Waals surface area contributed by atoms with E-state index in [1.54, 1.807) is 18.2 Å². The first-order valence-electron chi connectivity index (χ1n) is 5.84. The molecule has 2 nitrogen and oxygen atoms in total. The maximum absolute atomic E-state index is 13.2. The van der Waals surface area contributed by atoms with Crippen molar-refractivity contribution in [2.75, 3.05) is 13.2 Å². The molecule has 0 radical (unpaired) electrons. The molecule has 3 heteroatoms. The van der Waals surface area contributed by atoms with Crippen molar-refractivity contribution in [2.24, 2.45) is 0 Å². The molecule has 0 amide bonds. The van der Waals surface area contributed by atoms with Gasteiger partial charge in [0.2, 0.25) is 0 Å². The van der Waals surface area contributed by atoms with Crippen LogP contribution in [0.5, 0.6) is 5.75 Å². The van der Waals surface area contributed by atoms with Crippen molar-refractivity contribution in [1.82, 2.24) is 5.32 Å². The molecule has 0 fully saturated rings. The minimum Gasteiger partial charge on any atom is -0.490 e. The number of hydrogen-bond donors (Lipinski definition) is 1. The normalized spacial score (nSPS) is 12.4. The van der Waals surface area contributed by atoms with Gasteiger partial charge in [0.05, 0.1) is 6.61 Å². The fraction of sp³-hybridized carbons (Fsp3) is 0.538. The van der Waals surface area contributed by atoms with Gasteiger partial charge in [-0.1, -0.05) is 19.1 Å². The Balaban J connectivity index is 2.23. The van der Waals surface area contributed by atoms with Crippen LogP contribution in [0.1, 0.15) is 26.7 Å². The molecule has 0 saturated carbocycles. The lowest BCUT2D eigenvalue weighted by Crippen LogP contribution is -2.28. The van der Waals surface area contributed by atoms with E-state index in [2.05, 4.69) is 19.2 Å². The van der Waals surface area contributed by atoms with Crippen LogP contribution < -0.4 is 10.1 Å². The number of rotatable bonds is 7. The molecular weight excluding hydrogens is 205 g/mol. The zero-order valence-corrected chi connectivity index (χ0v) is 10.0. The second-order valence-corrected chi connectivity index (χ2v) is 3.92. The molecule has 0 aromatic heterocycles. The van der Waals surface area contributed by atoms with Crippen LogP contribution >= 0.6 is 0 Å². The third-order valence-electron chi connectivity index (χ3n) is 2.39. The van der Waals surface area contributed by atoms with Crippen molar-refractivity contribution in [2.45, 2.75) is 32.7 Å². The molecule has 90 valence electrons. The molecule has 0 spiro atoms. The lowest BCUT2D eigenvalue weighted by atomic mass is 10.2. The Hall–Kier alpha value is -1.09. The predicted molar refractivity (Wildman–Crippen MR) is 64.3 cm³/mol. The van der Waals surface area contributed by atoms with Gasteiger partial charge in [-0.15, -0.1) is 0 Å². The third kappa shape index (κ3) is 4.62. The van der Waals surface area contributed by atoms with E-state index in [0.29, 0.717) is 18.4 Å². The van der Waals surface area contributed by atoms with Crippen LogP contribution in [0.2, 0.25) is 0 Å². The summed E-state index contributed by atoms with van der Waals surface area (Å²) in [5, 5.41) is 3.36. The minimum absolute atomic E-state index is 0.295. The molecule has 0 saturated heterocycles. The number of halogens is 1. The molecule has 1 aromatic carbocycles. The van der Waals surface area contributed by atoms with Crippen LogP contribution in [-0.4, -0.2) is 19.2 Å². The zero-order chi connectivity index (χ0) is 11.8. The van der Waals surface area contributed by atoms with Gasteiger partial charge in [0.25, 0.3) is 0 Å². The fourth-order valence-electron chi connectivity index (χ4n) is 1.40. The maximum atomic E-state index is 13.2. The summed E-state index contributed by atoms with van der Waals surface area (Å²) in [5.41, 5.74) is 0. The van der Waals surface area contributed by atoms with Crippen molar-refractivity contribution < 1.29 is 9.13 Å². The van der Waals surface area contributed by atoms with Crippen LogP contribution in [-0.2, 0) is 0 Å². The lowest BCUT2D eigenvalue weighted by Gasteiger charge is -2.13. The predicted octanol–water partition coefficient (Wildman–Crippen LogP) is 2.98. The first kappa shape index (κ1) is 13.0. The van der Waals surface area contributed by atoms with Crippen molar-refractivity contribution in [1.29, 1.82) is 0 Å². The molecule has 1 N–H and O–H groups in total. The monoisotopic (exact) mass is 225 g/mol. The topological polar surface area (TPSA) is 21.3 Å². The second kappa shape index (κ2) is 7.23. The zero-order valence-electron chi connectivity index (χ0n) is 10.0. The summed E-state index contributed by atoms with van der Waals surface area (Å²) in [6.07, 6.45) is 2.01. The van der Waals surface area contributed by atoms with Crippen LogP contribution in [0, 0.1) is 5.82 Å². The Morgan fingerprint density at radius 1 is 1.38 bits per heavy atom. The second-order valence-electron chi connectivity index (χ2n) is 3.92. The first-order valence-corrected chi connectivity index (χ1v) is 5.84. The molecule has 1 atom stereocenters. The average molecular weight is 225 g/mol. The molecule has 0 aliphatic heterocycles. The van der Waals surface area contributed by atoms with E-state index in [1.807, 2.05) is 0 Å². The van der Waals surface area contributed by atoms with Gasteiger partial charge < -0.3 is 10.1 Å². The minimum atomic E-state index is -0.295. The fourth-order valence-corrected chi connectivity index (χ4v) is 1.40. The van der Waals surface area contributed by atoms with Gasteiger partial charge in [0.1, 0.15) is 0 Å². The Bertz CT molecular complexity index is 304. The van der Waals surface area contributed by atoms with Crippen LogP contribution in [0.3, 0.4) is 0 Å². The number of ether oxygens (including phenoxy) is 1. The number of nitrogens with one attached hydrogen (secondary N) is 1. The third-order valence-corrected chi connectivity index (χ3v) is 2.39. The maximum Gasteiger partial charge on any atom is 0.165 e. The summed E-state index contributed by atoms with van der Waals surface area (Å²) in [7, 11) is 0.